The molecule has 0 saturated carbocycles. The van der Waals surface area contributed by atoms with Gasteiger partial charge in [-0.15, -0.1) is 0 Å². The SMILES string of the molecule is CCc1ccc(N(c2ccc(CC)cc2)N(c2ccc(CC)cc2)c2ccc(CC)cc2)cc1. The topological polar surface area (TPSA) is 6.48 Å². The van der Waals surface area contributed by atoms with E-state index in [-0.39, 0.29) is 0 Å². The van der Waals surface area contributed by atoms with E-state index >= 15 is 0 Å². The summed E-state index contributed by atoms with van der Waals surface area (Å²) in [7, 11) is 0. The second-order valence-electron chi connectivity index (χ2n) is 8.70. The lowest BCUT2D eigenvalue weighted by molar-refractivity contribution is 0.981. The van der Waals surface area contributed by atoms with Gasteiger partial charge in [-0.25, -0.2) is 10.0 Å². The lowest BCUT2D eigenvalue weighted by atomic mass is 10.1. The molecule has 0 spiro atoms. The number of hydrogen-bond donors (Lipinski definition) is 0. The number of aryl methyl sites for hydroxylation is 4. The van der Waals surface area contributed by atoms with E-state index in [0.717, 1.165) is 48.4 Å². The fraction of sp³-hybridized carbons (Fsp3) is 0.250. The Morgan fingerprint density at radius 3 is 0.647 bits per heavy atom. The van der Waals surface area contributed by atoms with Crippen LogP contribution < -0.4 is 10.0 Å². The molecule has 2 heteroatoms. The molecule has 0 aliphatic heterocycles. The molecule has 4 aromatic carbocycles. The Hall–Kier alpha value is -3.52. The second kappa shape index (κ2) is 11.1. The van der Waals surface area contributed by atoms with Gasteiger partial charge in [0.2, 0.25) is 0 Å². The molecule has 0 fully saturated rings. The largest absolute Gasteiger partial charge is 0.249 e. The maximum Gasteiger partial charge on any atom is 0.0637 e. The van der Waals surface area contributed by atoms with E-state index in [1.165, 1.54) is 22.3 Å². The zero-order valence-electron chi connectivity index (χ0n) is 21.0. The van der Waals surface area contributed by atoms with Crippen molar-refractivity contribution in [3.8, 4) is 0 Å². The van der Waals surface area contributed by atoms with E-state index in [1.54, 1.807) is 0 Å². The summed E-state index contributed by atoms with van der Waals surface area (Å²) in [5.74, 6) is 0. The van der Waals surface area contributed by atoms with E-state index in [9.17, 15) is 0 Å². The van der Waals surface area contributed by atoms with E-state index in [2.05, 4.69) is 135 Å². The van der Waals surface area contributed by atoms with Gasteiger partial charge in [0, 0.05) is 0 Å². The average Bonchev–Trinajstić information content (AvgIpc) is 2.92. The van der Waals surface area contributed by atoms with Crippen molar-refractivity contribution in [2.75, 3.05) is 10.0 Å². The lowest BCUT2D eigenvalue weighted by Crippen LogP contribution is -2.35. The van der Waals surface area contributed by atoms with Crippen LogP contribution >= 0.6 is 0 Å². The van der Waals surface area contributed by atoms with E-state index < -0.39 is 0 Å². The van der Waals surface area contributed by atoms with Crippen molar-refractivity contribution in [3.63, 3.8) is 0 Å². The van der Waals surface area contributed by atoms with Gasteiger partial charge in [0.15, 0.2) is 0 Å². The fourth-order valence-electron chi connectivity index (χ4n) is 4.25. The molecule has 0 atom stereocenters. The average molecular weight is 449 g/mol. The molecule has 0 amide bonds. The third-order valence-corrected chi connectivity index (χ3v) is 6.56. The highest BCUT2D eigenvalue weighted by molar-refractivity contribution is 5.77. The standard InChI is InChI=1S/C32H36N2/c1-5-25-9-17-29(18-10-25)33(30-19-11-26(6-2)12-20-30)34(31-21-13-27(7-3)14-22-31)32-23-15-28(8-4)16-24-32/h9-24H,5-8H2,1-4H3. The first-order chi connectivity index (χ1) is 16.7. The molecule has 4 aromatic rings. The van der Waals surface area contributed by atoms with Crippen LogP contribution in [-0.2, 0) is 25.7 Å². The smallest absolute Gasteiger partial charge is 0.0637 e. The van der Waals surface area contributed by atoms with Crippen LogP contribution in [0.15, 0.2) is 97.1 Å². The normalized spacial score (nSPS) is 10.8. The monoisotopic (exact) mass is 448 g/mol. The molecular weight excluding hydrogens is 412 g/mol. The fourth-order valence-corrected chi connectivity index (χ4v) is 4.25. The summed E-state index contributed by atoms with van der Waals surface area (Å²) < 4.78 is 0. The Morgan fingerprint density at radius 1 is 0.324 bits per heavy atom. The third kappa shape index (κ3) is 5.17. The predicted octanol–water partition coefficient (Wildman–Crippen LogP) is 8.83. The Labute approximate surface area is 205 Å². The molecule has 0 unspecified atom stereocenters. The molecule has 34 heavy (non-hydrogen) atoms. The summed E-state index contributed by atoms with van der Waals surface area (Å²) >= 11 is 0. The van der Waals surface area contributed by atoms with Gasteiger partial charge in [-0.3, -0.25) is 0 Å². The minimum atomic E-state index is 1.03. The van der Waals surface area contributed by atoms with Crippen molar-refractivity contribution in [2.45, 2.75) is 53.4 Å². The highest BCUT2D eigenvalue weighted by Gasteiger charge is 2.21. The molecule has 0 N–H and O–H groups in total. The van der Waals surface area contributed by atoms with Crippen LogP contribution in [0.3, 0.4) is 0 Å². The number of benzene rings is 4. The minimum absolute atomic E-state index is 1.03. The summed E-state index contributed by atoms with van der Waals surface area (Å²) in [6.07, 6.45) is 4.14. The molecule has 0 aromatic heterocycles. The van der Waals surface area contributed by atoms with E-state index in [4.69, 9.17) is 0 Å². The number of hydrazine groups is 1. The van der Waals surface area contributed by atoms with Crippen molar-refractivity contribution < 1.29 is 0 Å². The van der Waals surface area contributed by atoms with Gasteiger partial charge in [-0.1, -0.05) is 76.2 Å². The first kappa shape index (κ1) is 23.6. The Kier molecular flexibility index (Phi) is 7.69. The molecule has 0 heterocycles. The van der Waals surface area contributed by atoms with Crippen LogP contribution in [0.4, 0.5) is 22.7 Å². The molecule has 0 aliphatic rings. The number of rotatable bonds is 9. The quantitative estimate of drug-likeness (QED) is 0.236. The number of hydrogen-bond acceptors (Lipinski definition) is 2. The van der Waals surface area contributed by atoms with Gasteiger partial charge < -0.3 is 0 Å². The molecule has 0 bridgehead atoms. The second-order valence-corrected chi connectivity index (χ2v) is 8.70. The van der Waals surface area contributed by atoms with Crippen LogP contribution in [0.2, 0.25) is 0 Å². The maximum absolute atomic E-state index is 2.33. The summed E-state index contributed by atoms with van der Waals surface area (Å²) in [6.45, 7) is 8.81. The molecule has 4 rings (SSSR count). The number of anilines is 4. The van der Waals surface area contributed by atoms with Gasteiger partial charge >= 0.3 is 0 Å². The first-order valence-electron chi connectivity index (χ1n) is 12.6. The maximum atomic E-state index is 2.33. The highest BCUT2D eigenvalue weighted by Crippen LogP contribution is 2.37. The van der Waals surface area contributed by atoms with Crippen LogP contribution in [0, 0.1) is 0 Å². The summed E-state index contributed by atoms with van der Waals surface area (Å²) in [6, 6.07) is 35.8. The third-order valence-electron chi connectivity index (χ3n) is 6.56. The van der Waals surface area contributed by atoms with Crippen molar-refractivity contribution in [1.29, 1.82) is 0 Å². The van der Waals surface area contributed by atoms with Gasteiger partial charge in [0.25, 0.3) is 0 Å². The van der Waals surface area contributed by atoms with Crippen LogP contribution in [-0.4, -0.2) is 0 Å². The van der Waals surface area contributed by atoms with Crippen molar-refractivity contribution >= 4 is 22.7 Å². The molecule has 174 valence electrons. The first-order valence-corrected chi connectivity index (χ1v) is 12.6. The molecule has 2 nitrogen and oxygen atoms in total. The van der Waals surface area contributed by atoms with Crippen LogP contribution in [0.1, 0.15) is 49.9 Å². The summed E-state index contributed by atoms with van der Waals surface area (Å²) in [5.41, 5.74) is 9.93. The zero-order chi connectivity index (χ0) is 23.9. The van der Waals surface area contributed by atoms with E-state index in [0.29, 0.717) is 0 Å². The van der Waals surface area contributed by atoms with E-state index in [1.807, 2.05) is 0 Å². The number of nitrogens with zero attached hydrogens (tertiary/aromatic N) is 2. The Bertz CT molecular complexity index is 966. The van der Waals surface area contributed by atoms with Crippen molar-refractivity contribution in [2.24, 2.45) is 0 Å². The highest BCUT2D eigenvalue weighted by atomic mass is 15.6. The Balaban J connectivity index is 1.90. The molecule has 0 aliphatic carbocycles. The van der Waals surface area contributed by atoms with Gasteiger partial charge in [-0.2, -0.15) is 0 Å². The molecule has 0 saturated heterocycles. The van der Waals surface area contributed by atoms with Crippen LogP contribution in [0.25, 0.3) is 0 Å². The van der Waals surface area contributed by atoms with Crippen molar-refractivity contribution in [3.05, 3.63) is 119 Å². The van der Waals surface area contributed by atoms with Gasteiger partial charge in [0.1, 0.15) is 0 Å². The van der Waals surface area contributed by atoms with Gasteiger partial charge in [0.05, 0.1) is 22.7 Å². The Morgan fingerprint density at radius 2 is 0.500 bits per heavy atom. The zero-order valence-corrected chi connectivity index (χ0v) is 21.0. The van der Waals surface area contributed by atoms with Gasteiger partial charge in [-0.05, 0) is 96.5 Å². The molecule has 0 radical (unpaired) electrons. The van der Waals surface area contributed by atoms with Crippen molar-refractivity contribution in [1.82, 2.24) is 0 Å². The predicted molar refractivity (Wildman–Crippen MR) is 148 cm³/mol. The lowest BCUT2D eigenvalue weighted by Gasteiger charge is -2.38. The summed E-state index contributed by atoms with van der Waals surface area (Å²) in [4.78, 5) is 0. The summed E-state index contributed by atoms with van der Waals surface area (Å²) in [5, 5.41) is 4.67. The minimum Gasteiger partial charge on any atom is -0.249 e. The van der Waals surface area contributed by atoms with Crippen LogP contribution in [0.5, 0.6) is 0 Å². The molecular formula is C32H36N2.